The fraction of sp³-hybridized carbons (Fsp3) is 0.222. The number of thioether (sulfide) groups is 1. The first kappa shape index (κ1) is 15.4. The second-order valence-corrected chi connectivity index (χ2v) is 6.89. The van der Waals surface area contributed by atoms with E-state index in [9.17, 15) is 9.18 Å². The molecule has 6 heteroatoms. The summed E-state index contributed by atoms with van der Waals surface area (Å²) in [7, 11) is 1.64. The standard InChI is InChI=1S/C18H15FN2O2S/c1-23-14-10-21-16-12(9-20-18(21)22)3-2-4-15(16)24-17(14)11-5-7-13(19)8-6-11/h2-9,14,17H,10H2,1H3. The molecule has 0 spiro atoms. The molecular formula is C18H15FN2O2S. The number of halogens is 1. The summed E-state index contributed by atoms with van der Waals surface area (Å²) in [6, 6.07) is 12.4. The van der Waals surface area contributed by atoms with Crippen LogP contribution in [-0.4, -0.2) is 22.8 Å². The van der Waals surface area contributed by atoms with Crippen LogP contribution < -0.4 is 5.69 Å². The van der Waals surface area contributed by atoms with Gasteiger partial charge < -0.3 is 4.74 Å². The zero-order valence-electron chi connectivity index (χ0n) is 13.0. The van der Waals surface area contributed by atoms with Crippen LogP contribution >= 0.6 is 11.8 Å². The summed E-state index contributed by atoms with van der Waals surface area (Å²) < 4.78 is 20.6. The first-order valence-electron chi connectivity index (χ1n) is 7.61. The highest BCUT2D eigenvalue weighted by Gasteiger charge is 2.30. The van der Waals surface area contributed by atoms with E-state index in [1.54, 1.807) is 41.8 Å². The van der Waals surface area contributed by atoms with Crippen molar-refractivity contribution in [2.24, 2.45) is 0 Å². The molecule has 0 N–H and O–H groups in total. The van der Waals surface area contributed by atoms with E-state index in [1.165, 1.54) is 12.1 Å². The van der Waals surface area contributed by atoms with Crippen LogP contribution in [0.2, 0.25) is 0 Å². The van der Waals surface area contributed by atoms with Gasteiger partial charge in [-0.15, -0.1) is 11.8 Å². The summed E-state index contributed by atoms with van der Waals surface area (Å²) in [4.78, 5) is 17.3. The summed E-state index contributed by atoms with van der Waals surface area (Å²) in [6.07, 6.45) is 1.39. The SMILES string of the molecule is COC1Cn2c(=O)ncc3cccc(c32)SC1c1ccc(F)cc1. The van der Waals surface area contributed by atoms with Crippen LogP contribution in [-0.2, 0) is 11.3 Å². The minimum Gasteiger partial charge on any atom is -0.378 e. The van der Waals surface area contributed by atoms with Gasteiger partial charge in [0, 0.05) is 23.6 Å². The van der Waals surface area contributed by atoms with E-state index in [1.807, 2.05) is 18.2 Å². The molecule has 122 valence electrons. The Balaban J connectivity index is 1.90. The number of hydrogen-bond donors (Lipinski definition) is 0. The minimum absolute atomic E-state index is 0.0412. The predicted octanol–water partition coefficient (Wildman–Crippen LogP) is 3.40. The van der Waals surface area contributed by atoms with E-state index in [0.29, 0.717) is 6.54 Å². The zero-order chi connectivity index (χ0) is 16.7. The maximum atomic E-state index is 13.3. The number of nitrogens with zero attached hydrogens (tertiary/aromatic N) is 2. The Bertz CT molecular complexity index is 955. The molecule has 0 saturated heterocycles. The van der Waals surface area contributed by atoms with E-state index in [2.05, 4.69) is 4.98 Å². The largest absolute Gasteiger partial charge is 0.378 e. The van der Waals surface area contributed by atoms with Gasteiger partial charge in [0.15, 0.2) is 0 Å². The number of hydrogen-bond acceptors (Lipinski definition) is 4. The molecule has 0 radical (unpaired) electrons. The maximum Gasteiger partial charge on any atom is 0.348 e. The van der Waals surface area contributed by atoms with Crippen molar-refractivity contribution < 1.29 is 9.13 Å². The van der Waals surface area contributed by atoms with Gasteiger partial charge in [0.2, 0.25) is 0 Å². The molecule has 1 aliphatic heterocycles. The van der Waals surface area contributed by atoms with Crippen LogP contribution in [0.4, 0.5) is 4.39 Å². The van der Waals surface area contributed by atoms with Gasteiger partial charge in [-0.3, -0.25) is 4.57 Å². The highest BCUT2D eigenvalue weighted by Crippen LogP contribution is 2.44. The molecule has 0 amide bonds. The summed E-state index contributed by atoms with van der Waals surface area (Å²) in [5, 5.41) is 0.884. The maximum absolute atomic E-state index is 13.3. The third kappa shape index (κ3) is 2.52. The average Bonchev–Trinajstić information content (AvgIpc) is 2.77. The number of rotatable bonds is 2. The van der Waals surface area contributed by atoms with Crippen LogP contribution in [0.3, 0.4) is 0 Å². The van der Waals surface area contributed by atoms with Gasteiger partial charge in [-0.05, 0) is 23.8 Å². The third-order valence-electron chi connectivity index (χ3n) is 4.30. The smallest absolute Gasteiger partial charge is 0.348 e. The van der Waals surface area contributed by atoms with Crippen molar-refractivity contribution in [3.05, 3.63) is 70.5 Å². The zero-order valence-corrected chi connectivity index (χ0v) is 13.8. The molecule has 0 fully saturated rings. The molecule has 24 heavy (non-hydrogen) atoms. The van der Waals surface area contributed by atoms with Gasteiger partial charge >= 0.3 is 5.69 Å². The Kier molecular flexibility index (Phi) is 3.86. The quantitative estimate of drug-likeness (QED) is 0.716. The van der Waals surface area contributed by atoms with Gasteiger partial charge in [-0.2, -0.15) is 0 Å². The lowest BCUT2D eigenvalue weighted by atomic mass is 10.1. The number of methoxy groups -OCH3 is 1. The van der Waals surface area contributed by atoms with Gasteiger partial charge in [0.1, 0.15) is 5.82 Å². The lowest BCUT2D eigenvalue weighted by molar-refractivity contribution is 0.0861. The van der Waals surface area contributed by atoms with Gasteiger partial charge in [-0.1, -0.05) is 24.3 Å². The highest BCUT2D eigenvalue weighted by atomic mass is 32.2. The highest BCUT2D eigenvalue weighted by molar-refractivity contribution is 7.99. The number of ether oxygens (including phenoxy) is 1. The Labute approximate surface area is 142 Å². The topological polar surface area (TPSA) is 44.1 Å². The van der Waals surface area contributed by atoms with Crippen molar-refractivity contribution in [1.29, 1.82) is 0 Å². The first-order chi connectivity index (χ1) is 11.7. The van der Waals surface area contributed by atoms with Crippen molar-refractivity contribution in [2.45, 2.75) is 22.8 Å². The van der Waals surface area contributed by atoms with Crippen molar-refractivity contribution in [1.82, 2.24) is 9.55 Å². The molecule has 2 atom stereocenters. The van der Waals surface area contributed by atoms with E-state index in [0.717, 1.165) is 21.4 Å². The lowest BCUT2D eigenvalue weighted by Crippen LogP contribution is -2.30. The normalized spacial score (nSPS) is 20.1. The molecule has 2 aromatic carbocycles. The summed E-state index contributed by atoms with van der Waals surface area (Å²) in [5.41, 5.74) is 1.57. The molecule has 1 aliphatic rings. The molecule has 0 aliphatic carbocycles. The Morgan fingerprint density at radius 1 is 1.25 bits per heavy atom. The number of aromatic nitrogens is 2. The Morgan fingerprint density at radius 3 is 2.79 bits per heavy atom. The molecule has 4 nitrogen and oxygen atoms in total. The molecule has 2 unspecified atom stereocenters. The van der Waals surface area contributed by atoms with Crippen molar-refractivity contribution >= 4 is 22.7 Å². The fourth-order valence-corrected chi connectivity index (χ4v) is 4.52. The predicted molar refractivity (Wildman–Crippen MR) is 91.8 cm³/mol. The van der Waals surface area contributed by atoms with Crippen molar-refractivity contribution in [3.8, 4) is 0 Å². The van der Waals surface area contributed by atoms with Crippen LogP contribution in [0.5, 0.6) is 0 Å². The first-order valence-corrected chi connectivity index (χ1v) is 8.49. The molecule has 2 heterocycles. The molecule has 0 bridgehead atoms. The van der Waals surface area contributed by atoms with Crippen molar-refractivity contribution in [2.75, 3.05) is 7.11 Å². The van der Waals surface area contributed by atoms with Crippen LogP contribution in [0.1, 0.15) is 10.8 Å². The molecule has 4 rings (SSSR count). The number of para-hydroxylation sites is 1. The van der Waals surface area contributed by atoms with E-state index in [-0.39, 0.29) is 22.9 Å². The van der Waals surface area contributed by atoms with Gasteiger partial charge in [0.05, 0.1) is 23.4 Å². The monoisotopic (exact) mass is 342 g/mol. The Morgan fingerprint density at radius 2 is 2.04 bits per heavy atom. The second-order valence-electron chi connectivity index (χ2n) is 5.71. The summed E-state index contributed by atoms with van der Waals surface area (Å²) >= 11 is 1.64. The fourth-order valence-electron chi connectivity index (χ4n) is 3.11. The third-order valence-corrected chi connectivity index (χ3v) is 5.71. The minimum atomic E-state index is -0.280. The molecular weight excluding hydrogens is 327 g/mol. The van der Waals surface area contributed by atoms with E-state index >= 15 is 0 Å². The van der Waals surface area contributed by atoms with Crippen LogP contribution in [0, 0.1) is 5.82 Å². The van der Waals surface area contributed by atoms with Crippen LogP contribution in [0.15, 0.2) is 58.4 Å². The summed E-state index contributed by atoms with van der Waals surface area (Å²) in [5.74, 6) is -0.267. The number of benzene rings is 2. The van der Waals surface area contributed by atoms with E-state index < -0.39 is 0 Å². The summed E-state index contributed by atoms with van der Waals surface area (Å²) in [6.45, 7) is 0.408. The van der Waals surface area contributed by atoms with Gasteiger partial charge in [0.25, 0.3) is 0 Å². The average molecular weight is 342 g/mol. The Hall–Kier alpha value is -2.18. The molecule has 3 aromatic rings. The molecule has 0 saturated carbocycles. The molecule has 1 aromatic heterocycles. The van der Waals surface area contributed by atoms with Crippen molar-refractivity contribution in [3.63, 3.8) is 0 Å². The lowest BCUT2D eigenvalue weighted by Gasteiger charge is -2.24. The van der Waals surface area contributed by atoms with Gasteiger partial charge in [-0.25, -0.2) is 14.2 Å². The van der Waals surface area contributed by atoms with E-state index in [4.69, 9.17) is 4.74 Å². The van der Waals surface area contributed by atoms with Crippen LogP contribution in [0.25, 0.3) is 10.9 Å². The second kappa shape index (κ2) is 6.03.